The highest BCUT2D eigenvalue weighted by Gasteiger charge is 2.18. The van der Waals surface area contributed by atoms with Crippen molar-refractivity contribution in [1.29, 1.82) is 0 Å². The molecular formula is C54H35NS2. The summed E-state index contributed by atoms with van der Waals surface area (Å²) in [4.78, 5) is 2.38. The molecule has 0 fully saturated rings. The van der Waals surface area contributed by atoms with E-state index in [0.717, 1.165) is 17.1 Å². The Morgan fingerprint density at radius 1 is 0.281 bits per heavy atom. The summed E-state index contributed by atoms with van der Waals surface area (Å²) in [6, 6.07) is 77.3. The average molecular weight is 762 g/mol. The quantitative estimate of drug-likeness (QED) is 0.156. The molecule has 57 heavy (non-hydrogen) atoms. The number of benzene rings is 9. The molecule has 11 rings (SSSR count). The summed E-state index contributed by atoms with van der Waals surface area (Å²) in [7, 11) is 0. The summed E-state index contributed by atoms with van der Waals surface area (Å²) in [5, 5.41) is 5.38. The molecule has 2 aromatic heterocycles. The molecule has 0 unspecified atom stereocenters. The molecule has 0 aliphatic heterocycles. The van der Waals surface area contributed by atoms with Gasteiger partial charge >= 0.3 is 0 Å². The van der Waals surface area contributed by atoms with Gasteiger partial charge < -0.3 is 4.90 Å². The number of anilines is 3. The number of fused-ring (bicyclic) bond motifs is 7. The molecule has 0 saturated carbocycles. The Kier molecular flexibility index (Phi) is 8.28. The van der Waals surface area contributed by atoms with Gasteiger partial charge in [-0.25, -0.2) is 0 Å². The van der Waals surface area contributed by atoms with Crippen LogP contribution in [0.2, 0.25) is 0 Å². The van der Waals surface area contributed by atoms with Crippen LogP contribution in [0.15, 0.2) is 212 Å². The lowest BCUT2D eigenvalue weighted by atomic mass is 9.98. The van der Waals surface area contributed by atoms with Crippen molar-refractivity contribution in [3.05, 3.63) is 212 Å². The van der Waals surface area contributed by atoms with E-state index in [2.05, 4.69) is 217 Å². The van der Waals surface area contributed by atoms with Crippen LogP contribution in [0.1, 0.15) is 0 Å². The van der Waals surface area contributed by atoms with Crippen LogP contribution < -0.4 is 4.90 Å². The maximum Gasteiger partial charge on any atom is 0.0467 e. The minimum absolute atomic E-state index is 1.11. The predicted octanol–water partition coefficient (Wildman–Crippen LogP) is 16.6. The molecule has 0 bridgehead atoms. The molecule has 0 aliphatic carbocycles. The fraction of sp³-hybridized carbons (Fsp3) is 0. The van der Waals surface area contributed by atoms with Crippen molar-refractivity contribution in [2.75, 3.05) is 4.90 Å². The van der Waals surface area contributed by atoms with Gasteiger partial charge in [0, 0.05) is 57.4 Å². The summed E-state index contributed by atoms with van der Waals surface area (Å²) in [6.07, 6.45) is 0. The Labute approximate surface area is 340 Å². The van der Waals surface area contributed by atoms with E-state index >= 15 is 0 Å². The van der Waals surface area contributed by atoms with E-state index < -0.39 is 0 Å². The third-order valence-corrected chi connectivity index (χ3v) is 13.5. The van der Waals surface area contributed by atoms with Gasteiger partial charge in [-0.15, -0.1) is 22.7 Å². The first-order valence-corrected chi connectivity index (χ1v) is 21.0. The van der Waals surface area contributed by atoms with Crippen molar-refractivity contribution in [3.63, 3.8) is 0 Å². The molecular weight excluding hydrogens is 727 g/mol. The Morgan fingerprint density at radius 3 is 1.53 bits per heavy atom. The number of rotatable bonds is 7. The van der Waals surface area contributed by atoms with Crippen molar-refractivity contribution in [1.82, 2.24) is 0 Å². The monoisotopic (exact) mass is 761 g/mol. The highest BCUT2D eigenvalue weighted by molar-refractivity contribution is 7.30. The Hall–Kier alpha value is -6.78. The molecule has 0 saturated heterocycles. The summed E-state index contributed by atoms with van der Waals surface area (Å²) in [6.45, 7) is 0. The largest absolute Gasteiger partial charge is 0.310 e. The van der Waals surface area contributed by atoms with Gasteiger partial charge in [0.2, 0.25) is 0 Å². The molecule has 2 heterocycles. The van der Waals surface area contributed by atoms with E-state index in [1.165, 1.54) is 84.9 Å². The van der Waals surface area contributed by atoms with Crippen molar-refractivity contribution in [2.24, 2.45) is 0 Å². The van der Waals surface area contributed by atoms with Crippen LogP contribution in [0.3, 0.4) is 0 Å². The van der Waals surface area contributed by atoms with Crippen LogP contribution in [0.4, 0.5) is 17.1 Å². The molecule has 0 radical (unpaired) electrons. The zero-order valence-electron chi connectivity index (χ0n) is 31.0. The third kappa shape index (κ3) is 6.00. The Balaban J connectivity index is 1.02. The van der Waals surface area contributed by atoms with Gasteiger partial charge in [-0.05, 0) is 99.1 Å². The summed E-state index contributed by atoms with van der Waals surface area (Å²) in [5.74, 6) is 0. The summed E-state index contributed by atoms with van der Waals surface area (Å²) in [5.41, 5.74) is 13.0. The molecule has 0 spiro atoms. The van der Waals surface area contributed by atoms with E-state index in [9.17, 15) is 0 Å². The lowest BCUT2D eigenvalue weighted by molar-refractivity contribution is 1.28. The molecule has 9 aromatic carbocycles. The van der Waals surface area contributed by atoms with Gasteiger partial charge in [0.1, 0.15) is 0 Å². The second-order valence-corrected chi connectivity index (χ2v) is 16.6. The topological polar surface area (TPSA) is 3.24 Å². The van der Waals surface area contributed by atoms with Crippen LogP contribution in [0, 0.1) is 0 Å². The number of thiophene rings is 2. The van der Waals surface area contributed by atoms with Crippen LogP contribution >= 0.6 is 22.7 Å². The predicted molar refractivity (Wildman–Crippen MR) is 249 cm³/mol. The number of nitrogens with zero attached hydrogens (tertiary/aromatic N) is 1. The summed E-state index contributed by atoms with van der Waals surface area (Å²) >= 11 is 3.82. The van der Waals surface area contributed by atoms with Crippen molar-refractivity contribution < 1.29 is 0 Å². The van der Waals surface area contributed by atoms with E-state index in [4.69, 9.17) is 0 Å². The van der Waals surface area contributed by atoms with Gasteiger partial charge in [0.15, 0.2) is 0 Å². The normalized spacial score (nSPS) is 11.5. The molecule has 0 amide bonds. The molecule has 0 atom stereocenters. The molecule has 11 aromatic rings. The first-order valence-electron chi connectivity index (χ1n) is 19.3. The molecule has 0 N–H and O–H groups in total. The third-order valence-electron chi connectivity index (χ3n) is 11.1. The van der Waals surface area contributed by atoms with Crippen molar-refractivity contribution in [2.45, 2.75) is 0 Å². The van der Waals surface area contributed by atoms with E-state index in [-0.39, 0.29) is 0 Å². The SMILES string of the molecule is c1ccc(-c2ccc(N(c3ccc(-c4cccc(-c5ccccc5)c4)cc3)c3cccc(-c4cccc5c4sc4c5ccc5sc6ccccc6c54)c3)cc2)cc1. The van der Waals surface area contributed by atoms with Crippen LogP contribution in [-0.4, -0.2) is 0 Å². The lowest BCUT2D eigenvalue weighted by Gasteiger charge is -2.26. The van der Waals surface area contributed by atoms with Crippen molar-refractivity contribution >= 4 is 80.1 Å². The minimum Gasteiger partial charge on any atom is -0.310 e. The highest BCUT2D eigenvalue weighted by atomic mass is 32.1. The first kappa shape index (κ1) is 33.5. The average Bonchev–Trinajstić information content (AvgIpc) is 3.86. The maximum absolute atomic E-state index is 2.38. The zero-order chi connectivity index (χ0) is 37.7. The van der Waals surface area contributed by atoms with E-state index in [0.29, 0.717) is 0 Å². The standard InChI is InChI=1S/C54H35NS2/c1-3-12-36(13-4-1)38-24-28-43(29-25-38)55(44-30-26-39(27-31-44)41-17-9-16-40(34-41)37-14-5-2-6-15-37)45-19-10-18-42(35-45)46-21-11-22-47-48-32-33-51-52(54(48)57-53(46)47)49-20-7-8-23-50(49)56-51/h1-35H. The molecule has 268 valence electrons. The lowest BCUT2D eigenvalue weighted by Crippen LogP contribution is -2.10. The van der Waals surface area contributed by atoms with E-state index in [1.807, 2.05) is 22.7 Å². The van der Waals surface area contributed by atoms with Gasteiger partial charge in [-0.2, -0.15) is 0 Å². The molecule has 1 nitrogen and oxygen atoms in total. The summed E-state index contributed by atoms with van der Waals surface area (Å²) < 4.78 is 5.39. The van der Waals surface area contributed by atoms with E-state index in [1.54, 1.807) is 0 Å². The van der Waals surface area contributed by atoms with Crippen molar-refractivity contribution in [3.8, 4) is 44.5 Å². The van der Waals surface area contributed by atoms with Crippen LogP contribution in [0.5, 0.6) is 0 Å². The Morgan fingerprint density at radius 2 is 0.807 bits per heavy atom. The maximum atomic E-state index is 2.38. The minimum atomic E-state index is 1.11. The first-order chi connectivity index (χ1) is 28.2. The van der Waals surface area contributed by atoms with Gasteiger partial charge in [-0.1, -0.05) is 158 Å². The Bertz CT molecular complexity index is 3210. The fourth-order valence-electron chi connectivity index (χ4n) is 8.30. The van der Waals surface area contributed by atoms with Gasteiger partial charge in [-0.3, -0.25) is 0 Å². The smallest absolute Gasteiger partial charge is 0.0467 e. The fourth-order valence-corrected chi connectivity index (χ4v) is 10.9. The van der Waals surface area contributed by atoms with Gasteiger partial charge in [0.05, 0.1) is 0 Å². The molecule has 0 aliphatic rings. The van der Waals surface area contributed by atoms with Crippen LogP contribution in [0.25, 0.3) is 84.9 Å². The second-order valence-electron chi connectivity index (χ2n) is 14.5. The van der Waals surface area contributed by atoms with Gasteiger partial charge in [0.25, 0.3) is 0 Å². The molecule has 3 heteroatoms. The number of hydrogen-bond donors (Lipinski definition) is 0. The number of hydrogen-bond acceptors (Lipinski definition) is 3. The highest BCUT2D eigenvalue weighted by Crippen LogP contribution is 2.47. The van der Waals surface area contributed by atoms with Crippen LogP contribution in [-0.2, 0) is 0 Å². The zero-order valence-corrected chi connectivity index (χ0v) is 32.6. The second kappa shape index (κ2) is 14.1.